The second kappa shape index (κ2) is 10.6. The van der Waals surface area contributed by atoms with E-state index in [2.05, 4.69) is 20.8 Å². The maximum atomic E-state index is 11.5. The minimum Gasteiger partial charge on any atom is -0.478 e. The van der Waals surface area contributed by atoms with Crippen LogP contribution < -0.4 is 0 Å². The predicted molar refractivity (Wildman–Crippen MR) is 118 cm³/mol. The molecule has 28 heavy (non-hydrogen) atoms. The van der Waals surface area contributed by atoms with Crippen LogP contribution in [-0.2, 0) is 17.9 Å². The van der Waals surface area contributed by atoms with Gasteiger partial charge in [0.05, 0.1) is 11.1 Å². The zero-order valence-corrected chi connectivity index (χ0v) is 18.0. The van der Waals surface area contributed by atoms with E-state index in [9.17, 15) is 14.7 Å². The van der Waals surface area contributed by atoms with Crippen LogP contribution in [0, 0.1) is 0 Å². The third-order valence-corrected chi connectivity index (χ3v) is 6.58. The Hall–Kier alpha value is -1.92. The molecule has 1 atom stereocenters. The van der Waals surface area contributed by atoms with Crippen LogP contribution in [0.2, 0.25) is 0 Å². The maximum absolute atomic E-state index is 11.5. The van der Waals surface area contributed by atoms with Crippen molar-refractivity contribution in [2.45, 2.75) is 49.2 Å². The molecule has 0 aliphatic heterocycles. The van der Waals surface area contributed by atoms with E-state index in [-0.39, 0.29) is 0 Å². The number of benzene rings is 2. The molecule has 2 rings (SSSR count). The normalized spacial score (nSPS) is 12.1. The minimum absolute atomic E-state index is 0.308. The second-order valence-electron chi connectivity index (χ2n) is 6.99. The van der Waals surface area contributed by atoms with Crippen LogP contribution in [0.15, 0.2) is 42.5 Å². The molecule has 0 saturated heterocycles. The van der Waals surface area contributed by atoms with Crippen molar-refractivity contribution in [2.75, 3.05) is 0 Å². The van der Waals surface area contributed by atoms with E-state index in [4.69, 9.17) is 5.11 Å². The maximum Gasteiger partial charge on any atom is 0.335 e. The Bertz CT molecular complexity index is 833. The molecule has 2 aromatic carbocycles. The van der Waals surface area contributed by atoms with E-state index in [1.165, 1.54) is 0 Å². The largest absolute Gasteiger partial charge is 0.478 e. The molecule has 0 heterocycles. The summed E-state index contributed by atoms with van der Waals surface area (Å²) in [5.74, 6) is -0.362. The SMILES string of the molecule is CC(C)SCc1cc(CC(C)SCc2cccc(C(=O)O)c2)ccc1C(=O)O. The molecule has 2 N–H and O–H groups in total. The molecule has 0 spiro atoms. The van der Waals surface area contributed by atoms with Crippen molar-refractivity contribution in [2.24, 2.45) is 0 Å². The highest BCUT2D eigenvalue weighted by Gasteiger charge is 2.13. The monoisotopic (exact) mass is 418 g/mol. The number of carboxylic acids is 2. The summed E-state index contributed by atoms with van der Waals surface area (Å²) in [5, 5.41) is 19.3. The van der Waals surface area contributed by atoms with Gasteiger partial charge in [-0.1, -0.05) is 45.0 Å². The Morgan fingerprint density at radius 1 is 0.893 bits per heavy atom. The Labute approximate surface area is 174 Å². The summed E-state index contributed by atoms with van der Waals surface area (Å²) in [7, 11) is 0. The molecule has 0 aliphatic rings. The van der Waals surface area contributed by atoms with Crippen LogP contribution in [-0.4, -0.2) is 32.7 Å². The molecule has 6 heteroatoms. The lowest BCUT2D eigenvalue weighted by molar-refractivity contribution is 0.0685. The van der Waals surface area contributed by atoms with Crippen molar-refractivity contribution >= 4 is 35.5 Å². The van der Waals surface area contributed by atoms with E-state index in [1.807, 2.05) is 18.2 Å². The third kappa shape index (κ3) is 6.91. The average molecular weight is 419 g/mol. The molecular weight excluding hydrogens is 392 g/mol. The summed E-state index contributed by atoms with van der Waals surface area (Å²) in [6.07, 6.45) is 0.836. The Balaban J connectivity index is 2.01. The first-order chi connectivity index (χ1) is 13.3. The number of thioether (sulfide) groups is 2. The second-order valence-corrected chi connectivity index (χ2v) is 9.98. The summed E-state index contributed by atoms with van der Waals surface area (Å²) in [5.41, 5.74) is 3.68. The molecule has 0 aliphatic carbocycles. The fourth-order valence-corrected chi connectivity index (χ4v) is 4.50. The van der Waals surface area contributed by atoms with Crippen molar-refractivity contribution < 1.29 is 19.8 Å². The summed E-state index contributed by atoms with van der Waals surface area (Å²) in [6, 6.07) is 12.6. The van der Waals surface area contributed by atoms with Crippen molar-refractivity contribution in [3.8, 4) is 0 Å². The fraction of sp³-hybridized carbons (Fsp3) is 0.364. The van der Waals surface area contributed by atoms with Gasteiger partial charge in [-0.3, -0.25) is 0 Å². The van der Waals surface area contributed by atoms with Gasteiger partial charge in [-0.05, 0) is 46.6 Å². The highest BCUT2D eigenvalue weighted by atomic mass is 32.2. The van der Waals surface area contributed by atoms with Gasteiger partial charge >= 0.3 is 11.9 Å². The van der Waals surface area contributed by atoms with Crippen LogP contribution in [0.5, 0.6) is 0 Å². The van der Waals surface area contributed by atoms with Crippen LogP contribution in [0.25, 0.3) is 0 Å². The Morgan fingerprint density at radius 3 is 2.29 bits per heavy atom. The highest BCUT2D eigenvalue weighted by Crippen LogP contribution is 2.25. The van der Waals surface area contributed by atoms with E-state index in [0.717, 1.165) is 28.9 Å². The van der Waals surface area contributed by atoms with Crippen molar-refractivity contribution in [1.82, 2.24) is 0 Å². The van der Waals surface area contributed by atoms with E-state index in [1.54, 1.807) is 47.8 Å². The lowest BCUT2D eigenvalue weighted by Gasteiger charge is -2.14. The zero-order chi connectivity index (χ0) is 20.7. The van der Waals surface area contributed by atoms with Gasteiger partial charge in [0.15, 0.2) is 0 Å². The summed E-state index contributed by atoms with van der Waals surface area (Å²) in [4.78, 5) is 22.6. The van der Waals surface area contributed by atoms with Crippen LogP contribution in [0.3, 0.4) is 0 Å². The van der Waals surface area contributed by atoms with E-state index < -0.39 is 11.9 Å². The molecule has 0 aromatic heterocycles. The number of aromatic carboxylic acids is 2. The third-order valence-electron chi connectivity index (χ3n) is 4.20. The topological polar surface area (TPSA) is 74.6 Å². The van der Waals surface area contributed by atoms with Crippen molar-refractivity contribution in [3.63, 3.8) is 0 Å². The Morgan fingerprint density at radius 2 is 1.64 bits per heavy atom. The Kier molecular flexibility index (Phi) is 8.45. The fourth-order valence-electron chi connectivity index (χ4n) is 2.78. The molecule has 0 bridgehead atoms. The summed E-state index contributed by atoms with van der Waals surface area (Å²) < 4.78 is 0. The number of rotatable bonds is 10. The number of hydrogen-bond donors (Lipinski definition) is 2. The molecule has 1 unspecified atom stereocenters. The van der Waals surface area contributed by atoms with E-state index in [0.29, 0.717) is 27.4 Å². The van der Waals surface area contributed by atoms with Gasteiger partial charge in [-0.25, -0.2) is 9.59 Å². The number of hydrogen-bond acceptors (Lipinski definition) is 4. The molecule has 0 radical (unpaired) electrons. The van der Waals surface area contributed by atoms with Gasteiger partial charge in [0.2, 0.25) is 0 Å². The first-order valence-corrected chi connectivity index (χ1v) is 11.3. The molecule has 0 fully saturated rings. The first-order valence-electron chi connectivity index (χ1n) is 9.16. The standard InChI is InChI=1S/C22H26O4S2/c1-14(2)27-13-19-10-16(7-8-20(19)22(25)26)9-15(3)28-12-17-5-4-6-18(11-17)21(23)24/h4-8,10-11,14-15H,9,12-13H2,1-3H3,(H,23,24)(H,25,26). The van der Waals surface area contributed by atoms with Crippen LogP contribution in [0.1, 0.15) is 58.2 Å². The van der Waals surface area contributed by atoms with E-state index >= 15 is 0 Å². The quantitative estimate of drug-likeness (QED) is 0.524. The van der Waals surface area contributed by atoms with Gasteiger partial charge in [0, 0.05) is 16.8 Å². The van der Waals surface area contributed by atoms with Crippen LogP contribution >= 0.6 is 23.5 Å². The number of carbonyl (C=O) groups is 2. The lowest BCUT2D eigenvalue weighted by Crippen LogP contribution is -2.07. The molecule has 4 nitrogen and oxygen atoms in total. The molecule has 0 amide bonds. The first kappa shape index (κ1) is 22.4. The lowest BCUT2D eigenvalue weighted by atomic mass is 10.0. The number of carboxylic acid groups (broad SMARTS) is 2. The summed E-state index contributed by atoms with van der Waals surface area (Å²) in [6.45, 7) is 6.35. The minimum atomic E-state index is -0.912. The van der Waals surface area contributed by atoms with Gasteiger partial charge < -0.3 is 10.2 Å². The average Bonchev–Trinajstić information content (AvgIpc) is 2.64. The zero-order valence-electron chi connectivity index (χ0n) is 16.3. The van der Waals surface area contributed by atoms with Gasteiger partial charge in [-0.15, -0.1) is 0 Å². The van der Waals surface area contributed by atoms with Crippen molar-refractivity contribution in [1.29, 1.82) is 0 Å². The van der Waals surface area contributed by atoms with Gasteiger partial charge in [0.1, 0.15) is 0 Å². The van der Waals surface area contributed by atoms with Gasteiger partial charge in [-0.2, -0.15) is 23.5 Å². The van der Waals surface area contributed by atoms with Gasteiger partial charge in [0.25, 0.3) is 0 Å². The smallest absolute Gasteiger partial charge is 0.335 e. The van der Waals surface area contributed by atoms with Crippen molar-refractivity contribution in [3.05, 3.63) is 70.3 Å². The highest BCUT2D eigenvalue weighted by molar-refractivity contribution is 7.99. The molecular formula is C22H26O4S2. The molecule has 2 aromatic rings. The molecule has 0 saturated carbocycles. The summed E-state index contributed by atoms with van der Waals surface area (Å²) >= 11 is 3.50. The van der Waals surface area contributed by atoms with Crippen LogP contribution in [0.4, 0.5) is 0 Å². The predicted octanol–water partition coefficient (Wildman–Crippen LogP) is 5.59. The molecule has 150 valence electrons.